The van der Waals surface area contributed by atoms with Crippen LogP contribution in [0.3, 0.4) is 0 Å². The average Bonchev–Trinajstić information content (AvgIpc) is 2.80. The summed E-state index contributed by atoms with van der Waals surface area (Å²) in [4.78, 5) is 2.18. The van der Waals surface area contributed by atoms with Crippen molar-refractivity contribution in [2.75, 3.05) is 25.2 Å². The number of ether oxygens (including phenoxy) is 2. The summed E-state index contributed by atoms with van der Waals surface area (Å²) in [6.07, 6.45) is -0.101. The molecule has 2 atom stereocenters. The SMILES string of the molecule is CN1c2ccccc2C2(c3ccccc3)OCCOC12. The maximum absolute atomic E-state index is 6.31. The van der Waals surface area contributed by atoms with E-state index in [-0.39, 0.29) is 6.23 Å². The van der Waals surface area contributed by atoms with Crippen molar-refractivity contribution < 1.29 is 9.47 Å². The quantitative estimate of drug-likeness (QED) is 0.793. The lowest BCUT2D eigenvalue weighted by molar-refractivity contribution is -0.180. The molecule has 0 bridgehead atoms. The molecular formula is C17H17NO2. The molecule has 0 saturated carbocycles. The normalized spacial score (nSPS) is 28.1. The van der Waals surface area contributed by atoms with Crippen LogP contribution in [0.1, 0.15) is 11.1 Å². The number of likely N-dealkylation sites (N-methyl/N-ethyl adjacent to an activating group) is 1. The third kappa shape index (κ3) is 1.42. The van der Waals surface area contributed by atoms with Crippen molar-refractivity contribution in [2.24, 2.45) is 0 Å². The van der Waals surface area contributed by atoms with E-state index in [1.165, 1.54) is 11.3 Å². The number of rotatable bonds is 1. The van der Waals surface area contributed by atoms with E-state index in [1.54, 1.807) is 0 Å². The minimum atomic E-state index is -0.509. The smallest absolute Gasteiger partial charge is 0.167 e. The maximum Gasteiger partial charge on any atom is 0.167 e. The van der Waals surface area contributed by atoms with Crippen LogP contribution in [0.25, 0.3) is 0 Å². The Morgan fingerprint density at radius 2 is 1.75 bits per heavy atom. The van der Waals surface area contributed by atoms with E-state index in [0.29, 0.717) is 13.2 Å². The second kappa shape index (κ2) is 4.33. The Kier molecular flexibility index (Phi) is 2.59. The Labute approximate surface area is 118 Å². The Morgan fingerprint density at radius 3 is 2.60 bits per heavy atom. The summed E-state index contributed by atoms with van der Waals surface area (Å²) in [5, 5.41) is 0. The molecule has 2 heterocycles. The molecule has 2 aliphatic rings. The molecule has 20 heavy (non-hydrogen) atoms. The van der Waals surface area contributed by atoms with Gasteiger partial charge in [-0.25, -0.2) is 0 Å². The van der Waals surface area contributed by atoms with E-state index in [4.69, 9.17) is 9.47 Å². The lowest BCUT2D eigenvalue weighted by Gasteiger charge is -2.41. The monoisotopic (exact) mass is 267 g/mol. The van der Waals surface area contributed by atoms with Crippen LogP contribution < -0.4 is 4.90 Å². The molecule has 3 nitrogen and oxygen atoms in total. The Bertz CT molecular complexity index is 628. The second-order valence-electron chi connectivity index (χ2n) is 5.30. The van der Waals surface area contributed by atoms with Gasteiger partial charge in [-0.05, 0) is 11.6 Å². The van der Waals surface area contributed by atoms with Gasteiger partial charge in [-0.2, -0.15) is 0 Å². The van der Waals surface area contributed by atoms with Crippen molar-refractivity contribution in [3.8, 4) is 0 Å². The van der Waals surface area contributed by atoms with Crippen LogP contribution in [-0.4, -0.2) is 26.5 Å². The molecule has 4 rings (SSSR count). The van der Waals surface area contributed by atoms with E-state index in [1.807, 2.05) is 6.07 Å². The molecule has 0 N–H and O–H groups in total. The fraction of sp³-hybridized carbons (Fsp3) is 0.294. The van der Waals surface area contributed by atoms with Crippen molar-refractivity contribution in [1.29, 1.82) is 0 Å². The topological polar surface area (TPSA) is 21.7 Å². The van der Waals surface area contributed by atoms with E-state index in [2.05, 4.69) is 60.5 Å². The summed E-state index contributed by atoms with van der Waals surface area (Å²) >= 11 is 0. The molecule has 0 aromatic heterocycles. The fourth-order valence-corrected chi connectivity index (χ4v) is 3.44. The minimum absolute atomic E-state index is 0.101. The van der Waals surface area contributed by atoms with Gasteiger partial charge >= 0.3 is 0 Å². The first-order valence-corrected chi connectivity index (χ1v) is 6.97. The molecule has 1 fully saturated rings. The second-order valence-corrected chi connectivity index (χ2v) is 5.30. The number of hydrogen-bond acceptors (Lipinski definition) is 3. The maximum atomic E-state index is 6.31. The van der Waals surface area contributed by atoms with Gasteiger partial charge < -0.3 is 14.4 Å². The van der Waals surface area contributed by atoms with Crippen molar-refractivity contribution in [3.63, 3.8) is 0 Å². The average molecular weight is 267 g/mol. The highest BCUT2D eigenvalue weighted by atomic mass is 16.6. The van der Waals surface area contributed by atoms with Crippen LogP contribution in [0.2, 0.25) is 0 Å². The molecule has 0 amide bonds. The summed E-state index contributed by atoms with van der Waals surface area (Å²) in [6.45, 7) is 1.26. The van der Waals surface area contributed by atoms with Crippen molar-refractivity contribution in [2.45, 2.75) is 11.8 Å². The Balaban J connectivity index is 1.98. The predicted molar refractivity (Wildman–Crippen MR) is 77.8 cm³/mol. The largest absolute Gasteiger partial charge is 0.358 e. The van der Waals surface area contributed by atoms with Crippen molar-refractivity contribution in [1.82, 2.24) is 0 Å². The van der Waals surface area contributed by atoms with Gasteiger partial charge in [-0.15, -0.1) is 0 Å². The summed E-state index contributed by atoms with van der Waals surface area (Å²) in [5.41, 5.74) is 3.02. The molecule has 2 aliphatic heterocycles. The molecule has 0 aliphatic carbocycles. The van der Waals surface area contributed by atoms with Gasteiger partial charge in [-0.1, -0.05) is 48.5 Å². The van der Waals surface area contributed by atoms with Crippen LogP contribution >= 0.6 is 0 Å². The van der Waals surface area contributed by atoms with Crippen molar-refractivity contribution in [3.05, 3.63) is 65.7 Å². The number of hydrogen-bond donors (Lipinski definition) is 0. The zero-order valence-electron chi connectivity index (χ0n) is 11.5. The van der Waals surface area contributed by atoms with Gasteiger partial charge in [0.2, 0.25) is 0 Å². The lowest BCUT2D eigenvalue weighted by Crippen LogP contribution is -2.52. The standard InChI is InChI=1S/C17H17NO2/c1-18-15-10-6-5-9-14(15)17(13-7-3-2-4-8-13)16(18)19-11-12-20-17/h2-10,16H,11-12H2,1H3. The van der Waals surface area contributed by atoms with E-state index in [0.717, 1.165) is 5.56 Å². The molecule has 2 aromatic carbocycles. The van der Waals surface area contributed by atoms with E-state index < -0.39 is 5.60 Å². The third-order valence-electron chi connectivity index (χ3n) is 4.28. The van der Waals surface area contributed by atoms with Crippen LogP contribution in [0.4, 0.5) is 5.69 Å². The number of fused-ring (bicyclic) bond motifs is 3. The van der Waals surface area contributed by atoms with Gasteiger partial charge in [0.25, 0.3) is 0 Å². The van der Waals surface area contributed by atoms with Gasteiger partial charge in [0.15, 0.2) is 11.8 Å². The number of nitrogens with zero attached hydrogens (tertiary/aromatic N) is 1. The Hall–Kier alpha value is -1.84. The molecule has 2 aromatic rings. The molecule has 0 radical (unpaired) electrons. The highest BCUT2D eigenvalue weighted by molar-refractivity contribution is 5.65. The van der Waals surface area contributed by atoms with Crippen molar-refractivity contribution >= 4 is 5.69 Å². The lowest BCUT2D eigenvalue weighted by atomic mass is 9.86. The molecule has 3 heteroatoms. The summed E-state index contributed by atoms with van der Waals surface area (Å²) in [6, 6.07) is 18.8. The first-order chi connectivity index (χ1) is 9.84. The molecule has 1 saturated heterocycles. The van der Waals surface area contributed by atoms with Crippen LogP contribution in [0.15, 0.2) is 54.6 Å². The molecule has 0 spiro atoms. The van der Waals surface area contributed by atoms with Crippen LogP contribution in [0.5, 0.6) is 0 Å². The van der Waals surface area contributed by atoms with E-state index >= 15 is 0 Å². The number of para-hydroxylation sites is 1. The zero-order chi connectivity index (χ0) is 13.6. The van der Waals surface area contributed by atoms with Gasteiger partial charge in [-0.3, -0.25) is 0 Å². The first kappa shape index (κ1) is 11.9. The summed E-state index contributed by atoms with van der Waals surface area (Å²) < 4.78 is 12.4. The number of benzene rings is 2. The highest BCUT2D eigenvalue weighted by Gasteiger charge is 2.54. The highest BCUT2D eigenvalue weighted by Crippen LogP contribution is 2.51. The zero-order valence-corrected chi connectivity index (χ0v) is 11.5. The third-order valence-corrected chi connectivity index (χ3v) is 4.28. The van der Waals surface area contributed by atoms with Gasteiger partial charge in [0.05, 0.1) is 13.2 Å². The van der Waals surface area contributed by atoms with Crippen LogP contribution in [0, 0.1) is 0 Å². The van der Waals surface area contributed by atoms with Gasteiger partial charge in [0.1, 0.15) is 0 Å². The Morgan fingerprint density at radius 1 is 1.00 bits per heavy atom. The van der Waals surface area contributed by atoms with Crippen LogP contribution in [-0.2, 0) is 15.1 Å². The number of anilines is 1. The minimum Gasteiger partial charge on any atom is -0.358 e. The van der Waals surface area contributed by atoms with E-state index in [9.17, 15) is 0 Å². The summed E-state index contributed by atoms with van der Waals surface area (Å²) in [5.74, 6) is 0. The molecule has 102 valence electrons. The summed E-state index contributed by atoms with van der Waals surface area (Å²) in [7, 11) is 2.07. The fourth-order valence-electron chi connectivity index (χ4n) is 3.44. The first-order valence-electron chi connectivity index (χ1n) is 6.97. The molecular weight excluding hydrogens is 250 g/mol. The van der Waals surface area contributed by atoms with Gasteiger partial charge in [0, 0.05) is 18.3 Å². The predicted octanol–water partition coefficient (Wildman–Crippen LogP) is 2.75. The molecule has 2 unspecified atom stereocenters.